The van der Waals surface area contributed by atoms with Crippen molar-refractivity contribution < 1.29 is 14.6 Å². The van der Waals surface area contributed by atoms with E-state index in [2.05, 4.69) is 11.8 Å². The molecule has 0 unspecified atom stereocenters. The molecule has 1 aromatic rings. The Morgan fingerprint density at radius 2 is 1.62 bits per heavy atom. The highest BCUT2D eigenvalue weighted by molar-refractivity contribution is 5.55. The van der Waals surface area contributed by atoms with E-state index in [9.17, 15) is 5.11 Å². The summed E-state index contributed by atoms with van der Waals surface area (Å²) >= 11 is 0. The summed E-state index contributed by atoms with van der Waals surface area (Å²) in [5.41, 5.74) is -0.388. The van der Waals surface area contributed by atoms with Gasteiger partial charge in [-0.1, -0.05) is 17.9 Å². The van der Waals surface area contributed by atoms with Gasteiger partial charge in [-0.05, 0) is 26.0 Å². The van der Waals surface area contributed by atoms with Crippen LogP contribution < -0.4 is 9.47 Å². The summed E-state index contributed by atoms with van der Waals surface area (Å²) in [5, 5.41) is 9.55. The first kappa shape index (κ1) is 12.4. The van der Waals surface area contributed by atoms with Gasteiger partial charge >= 0.3 is 0 Å². The molecule has 0 spiro atoms. The van der Waals surface area contributed by atoms with Crippen molar-refractivity contribution in [2.45, 2.75) is 19.4 Å². The maximum atomic E-state index is 9.55. The highest BCUT2D eigenvalue weighted by Gasteiger charge is 2.10. The lowest BCUT2D eigenvalue weighted by Gasteiger charge is -2.09. The highest BCUT2D eigenvalue weighted by Crippen LogP contribution is 2.27. The van der Waals surface area contributed by atoms with Gasteiger partial charge in [0.05, 0.1) is 14.2 Å². The Morgan fingerprint density at radius 1 is 1.12 bits per heavy atom. The normalized spacial score (nSPS) is 10.3. The lowest BCUT2D eigenvalue weighted by Crippen LogP contribution is -2.14. The molecule has 1 aromatic carbocycles. The average Bonchev–Trinajstić information content (AvgIpc) is 2.24. The van der Waals surface area contributed by atoms with Crippen LogP contribution in [-0.4, -0.2) is 24.9 Å². The monoisotopic (exact) mass is 220 g/mol. The molecule has 3 nitrogen and oxygen atoms in total. The van der Waals surface area contributed by atoms with Crippen LogP contribution in [0.25, 0.3) is 0 Å². The quantitative estimate of drug-likeness (QED) is 0.773. The number of rotatable bonds is 2. The second kappa shape index (κ2) is 4.91. The van der Waals surface area contributed by atoms with Gasteiger partial charge in [-0.2, -0.15) is 0 Å². The predicted octanol–water partition coefficient (Wildman–Crippen LogP) is 1.83. The Hall–Kier alpha value is -1.66. The van der Waals surface area contributed by atoms with Crippen molar-refractivity contribution in [1.29, 1.82) is 0 Å². The minimum Gasteiger partial charge on any atom is -0.495 e. The van der Waals surface area contributed by atoms with E-state index < -0.39 is 5.60 Å². The molecule has 0 radical (unpaired) electrons. The maximum Gasteiger partial charge on any atom is 0.138 e. The van der Waals surface area contributed by atoms with Gasteiger partial charge in [0.1, 0.15) is 22.7 Å². The zero-order chi connectivity index (χ0) is 12.2. The lowest BCUT2D eigenvalue weighted by molar-refractivity contribution is 0.143. The van der Waals surface area contributed by atoms with Gasteiger partial charge in [-0.25, -0.2) is 0 Å². The molecule has 0 bridgehead atoms. The van der Waals surface area contributed by atoms with E-state index in [1.807, 2.05) is 6.07 Å². The minimum atomic E-state index is -1.04. The van der Waals surface area contributed by atoms with Crippen LogP contribution in [0.2, 0.25) is 0 Å². The van der Waals surface area contributed by atoms with Crippen molar-refractivity contribution in [2.75, 3.05) is 14.2 Å². The van der Waals surface area contributed by atoms with E-state index in [-0.39, 0.29) is 0 Å². The fourth-order valence-electron chi connectivity index (χ4n) is 1.19. The van der Waals surface area contributed by atoms with Crippen molar-refractivity contribution in [3.63, 3.8) is 0 Å². The summed E-state index contributed by atoms with van der Waals surface area (Å²) in [6.45, 7) is 3.25. The summed E-state index contributed by atoms with van der Waals surface area (Å²) in [6, 6.07) is 5.43. The minimum absolute atomic E-state index is 0.635. The van der Waals surface area contributed by atoms with Crippen LogP contribution in [0.15, 0.2) is 18.2 Å². The number of methoxy groups -OCH3 is 2. The molecule has 0 aliphatic rings. The lowest BCUT2D eigenvalue weighted by atomic mass is 10.1. The molecular formula is C13H16O3. The van der Waals surface area contributed by atoms with Crippen molar-refractivity contribution in [1.82, 2.24) is 0 Å². The molecular weight excluding hydrogens is 204 g/mol. The van der Waals surface area contributed by atoms with Gasteiger partial charge in [0.25, 0.3) is 0 Å². The van der Waals surface area contributed by atoms with Crippen LogP contribution in [-0.2, 0) is 0 Å². The van der Waals surface area contributed by atoms with Crippen LogP contribution in [0.3, 0.4) is 0 Å². The molecule has 0 saturated heterocycles. The largest absolute Gasteiger partial charge is 0.495 e. The summed E-state index contributed by atoms with van der Waals surface area (Å²) in [4.78, 5) is 0. The van der Waals surface area contributed by atoms with Crippen molar-refractivity contribution in [2.24, 2.45) is 0 Å². The van der Waals surface area contributed by atoms with E-state index in [0.717, 1.165) is 0 Å². The molecule has 0 aromatic heterocycles. The first-order valence-corrected chi connectivity index (χ1v) is 4.94. The molecule has 0 atom stereocenters. The molecule has 0 aliphatic carbocycles. The predicted molar refractivity (Wildman–Crippen MR) is 62.7 cm³/mol. The smallest absolute Gasteiger partial charge is 0.138 e. The Labute approximate surface area is 96.0 Å². The van der Waals surface area contributed by atoms with Crippen LogP contribution in [0.1, 0.15) is 19.4 Å². The Morgan fingerprint density at radius 3 is 2.00 bits per heavy atom. The van der Waals surface area contributed by atoms with E-state index in [0.29, 0.717) is 17.1 Å². The summed E-state index contributed by atoms with van der Waals surface area (Å²) in [6.07, 6.45) is 0. The second-order valence-corrected chi connectivity index (χ2v) is 3.85. The van der Waals surface area contributed by atoms with Gasteiger partial charge < -0.3 is 14.6 Å². The average molecular weight is 220 g/mol. The molecule has 0 saturated carbocycles. The molecule has 16 heavy (non-hydrogen) atoms. The van der Waals surface area contributed by atoms with Crippen molar-refractivity contribution in [3.05, 3.63) is 23.8 Å². The summed E-state index contributed by atoms with van der Waals surface area (Å²) in [7, 11) is 3.15. The molecule has 3 heteroatoms. The zero-order valence-corrected chi connectivity index (χ0v) is 10.00. The third-order valence-electron chi connectivity index (χ3n) is 1.92. The van der Waals surface area contributed by atoms with Gasteiger partial charge in [0.2, 0.25) is 0 Å². The first-order chi connectivity index (χ1) is 7.48. The molecule has 0 amide bonds. The van der Waals surface area contributed by atoms with Crippen molar-refractivity contribution >= 4 is 0 Å². The Bertz CT molecular complexity index is 397. The topological polar surface area (TPSA) is 38.7 Å². The second-order valence-electron chi connectivity index (χ2n) is 3.85. The highest BCUT2D eigenvalue weighted by atomic mass is 16.5. The molecule has 1 N–H and O–H groups in total. The number of benzene rings is 1. The molecule has 0 heterocycles. The van der Waals surface area contributed by atoms with Crippen LogP contribution in [0.5, 0.6) is 11.5 Å². The molecule has 86 valence electrons. The van der Waals surface area contributed by atoms with Gasteiger partial charge in [-0.3, -0.25) is 0 Å². The van der Waals surface area contributed by atoms with Crippen LogP contribution >= 0.6 is 0 Å². The van der Waals surface area contributed by atoms with E-state index in [1.54, 1.807) is 40.2 Å². The SMILES string of the molecule is COc1cccc(OC)c1C#CC(C)(C)O. The maximum absolute atomic E-state index is 9.55. The van der Waals surface area contributed by atoms with E-state index in [4.69, 9.17) is 9.47 Å². The first-order valence-electron chi connectivity index (χ1n) is 4.94. The standard InChI is InChI=1S/C13H16O3/c1-13(2,14)9-8-10-11(15-3)6-5-7-12(10)16-4/h5-7,14H,1-4H3. The zero-order valence-electron chi connectivity index (χ0n) is 10.00. The van der Waals surface area contributed by atoms with E-state index in [1.165, 1.54) is 0 Å². The number of aliphatic hydroxyl groups is 1. The molecule has 0 aliphatic heterocycles. The van der Waals surface area contributed by atoms with Gasteiger partial charge in [-0.15, -0.1) is 0 Å². The third-order valence-corrected chi connectivity index (χ3v) is 1.92. The van der Waals surface area contributed by atoms with Crippen LogP contribution in [0.4, 0.5) is 0 Å². The number of hydrogen-bond acceptors (Lipinski definition) is 3. The fourth-order valence-corrected chi connectivity index (χ4v) is 1.19. The fraction of sp³-hybridized carbons (Fsp3) is 0.385. The Kier molecular flexibility index (Phi) is 3.81. The molecule has 1 rings (SSSR count). The van der Waals surface area contributed by atoms with Crippen molar-refractivity contribution in [3.8, 4) is 23.3 Å². The Balaban J connectivity index is 3.23. The summed E-state index contributed by atoms with van der Waals surface area (Å²) in [5.74, 6) is 6.88. The van der Waals surface area contributed by atoms with Crippen LogP contribution in [0, 0.1) is 11.8 Å². The number of hydrogen-bond donors (Lipinski definition) is 1. The van der Waals surface area contributed by atoms with E-state index >= 15 is 0 Å². The molecule has 0 fully saturated rings. The third kappa shape index (κ3) is 3.18. The summed E-state index contributed by atoms with van der Waals surface area (Å²) < 4.78 is 10.4. The number of ether oxygens (including phenoxy) is 2. The van der Waals surface area contributed by atoms with Gasteiger partial charge in [0.15, 0.2) is 0 Å². The van der Waals surface area contributed by atoms with Gasteiger partial charge in [0, 0.05) is 0 Å².